The summed E-state index contributed by atoms with van der Waals surface area (Å²) in [5.74, 6) is 1.02. The van der Waals surface area contributed by atoms with E-state index in [1.54, 1.807) is 0 Å². The predicted molar refractivity (Wildman–Crippen MR) is 67.9 cm³/mol. The summed E-state index contributed by atoms with van der Waals surface area (Å²) in [6.45, 7) is 6.10. The van der Waals surface area contributed by atoms with Gasteiger partial charge >= 0.3 is 0 Å². The van der Waals surface area contributed by atoms with Crippen molar-refractivity contribution in [3.63, 3.8) is 0 Å². The molecule has 0 aliphatic carbocycles. The van der Waals surface area contributed by atoms with Crippen molar-refractivity contribution in [1.82, 2.24) is 24.5 Å². The molecule has 0 aliphatic rings. The summed E-state index contributed by atoms with van der Waals surface area (Å²) in [7, 11) is 0. The third-order valence-corrected chi connectivity index (χ3v) is 3.07. The Kier molecular flexibility index (Phi) is 4.22. The summed E-state index contributed by atoms with van der Waals surface area (Å²) < 4.78 is 6.10. The summed E-state index contributed by atoms with van der Waals surface area (Å²) >= 11 is 1.37. The van der Waals surface area contributed by atoms with E-state index in [-0.39, 0.29) is 6.04 Å². The van der Waals surface area contributed by atoms with Gasteiger partial charge in [-0.05, 0) is 24.5 Å². The molecule has 17 heavy (non-hydrogen) atoms. The van der Waals surface area contributed by atoms with Crippen LogP contribution >= 0.6 is 11.5 Å². The summed E-state index contributed by atoms with van der Waals surface area (Å²) in [6, 6.07) is 0.0419. The van der Waals surface area contributed by atoms with Crippen LogP contribution in [0.4, 0.5) is 0 Å². The lowest BCUT2D eigenvalue weighted by molar-refractivity contribution is 0.534. The molecule has 0 fully saturated rings. The van der Waals surface area contributed by atoms with Gasteiger partial charge in [-0.2, -0.15) is 0 Å². The maximum atomic E-state index is 4.45. The topological polar surface area (TPSA) is 55.6 Å². The molecule has 6 heteroatoms. The van der Waals surface area contributed by atoms with Crippen LogP contribution in [0, 0.1) is 0 Å². The van der Waals surface area contributed by atoms with Crippen molar-refractivity contribution < 1.29 is 0 Å². The fourth-order valence-corrected chi connectivity index (χ4v) is 2.32. The van der Waals surface area contributed by atoms with E-state index in [9.17, 15) is 0 Å². The Morgan fingerprint density at radius 3 is 3.00 bits per heavy atom. The first-order chi connectivity index (χ1) is 8.36. The molecule has 0 aliphatic heterocycles. The largest absolute Gasteiger partial charge is 0.333 e. The number of nitrogens with one attached hydrogen (secondary N) is 1. The van der Waals surface area contributed by atoms with Crippen molar-refractivity contribution >= 4 is 11.5 Å². The van der Waals surface area contributed by atoms with Gasteiger partial charge in [0.2, 0.25) is 0 Å². The second-order valence-electron chi connectivity index (χ2n) is 3.80. The van der Waals surface area contributed by atoms with Crippen molar-refractivity contribution in [1.29, 1.82) is 0 Å². The molecule has 0 saturated carbocycles. The standard InChI is InChI=1S/C11H17N5S/c1-3-6-16-7-5-13-11(16)10(12-4-2)9-8-17-15-14-9/h5,7-8,10,12H,3-4,6H2,1-2H3. The van der Waals surface area contributed by atoms with Crippen molar-refractivity contribution in [3.8, 4) is 0 Å². The molecule has 2 rings (SSSR count). The molecule has 0 amide bonds. The first kappa shape index (κ1) is 12.2. The van der Waals surface area contributed by atoms with Crippen LogP contribution in [-0.2, 0) is 6.54 Å². The van der Waals surface area contributed by atoms with Crippen LogP contribution in [0.25, 0.3) is 0 Å². The minimum atomic E-state index is 0.0419. The maximum absolute atomic E-state index is 4.45. The van der Waals surface area contributed by atoms with Gasteiger partial charge in [0.05, 0.1) is 0 Å². The number of imidazole rings is 1. The number of aryl methyl sites for hydroxylation is 1. The highest BCUT2D eigenvalue weighted by Crippen LogP contribution is 2.19. The Morgan fingerprint density at radius 1 is 1.47 bits per heavy atom. The monoisotopic (exact) mass is 251 g/mol. The minimum Gasteiger partial charge on any atom is -0.333 e. The van der Waals surface area contributed by atoms with Gasteiger partial charge < -0.3 is 9.88 Å². The lowest BCUT2D eigenvalue weighted by atomic mass is 10.2. The van der Waals surface area contributed by atoms with Gasteiger partial charge in [-0.25, -0.2) is 4.98 Å². The third kappa shape index (κ3) is 2.70. The van der Waals surface area contributed by atoms with Gasteiger partial charge in [-0.1, -0.05) is 18.3 Å². The van der Waals surface area contributed by atoms with Crippen molar-refractivity contribution in [2.45, 2.75) is 32.9 Å². The molecule has 2 aromatic rings. The van der Waals surface area contributed by atoms with Crippen molar-refractivity contribution in [3.05, 3.63) is 29.3 Å². The average Bonchev–Trinajstić information content (AvgIpc) is 2.97. The second kappa shape index (κ2) is 5.88. The van der Waals surface area contributed by atoms with Gasteiger partial charge in [-0.15, -0.1) is 5.10 Å². The molecule has 0 radical (unpaired) electrons. The van der Waals surface area contributed by atoms with E-state index in [2.05, 4.69) is 38.3 Å². The normalized spacial score (nSPS) is 12.8. The number of hydrogen-bond acceptors (Lipinski definition) is 5. The Labute approximate surface area is 105 Å². The average molecular weight is 251 g/mol. The highest BCUT2D eigenvalue weighted by molar-refractivity contribution is 7.03. The van der Waals surface area contributed by atoms with Gasteiger partial charge in [0.1, 0.15) is 17.6 Å². The molecular formula is C11H17N5S. The molecular weight excluding hydrogens is 234 g/mol. The third-order valence-electron chi connectivity index (χ3n) is 2.55. The molecule has 2 heterocycles. The van der Waals surface area contributed by atoms with Crippen LogP contribution in [0.2, 0.25) is 0 Å². The molecule has 92 valence electrons. The molecule has 0 bridgehead atoms. The lowest BCUT2D eigenvalue weighted by Crippen LogP contribution is -2.25. The Hall–Kier alpha value is -1.27. The second-order valence-corrected chi connectivity index (χ2v) is 4.41. The molecule has 1 unspecified atom stereocenters. The van der Waals surface area contributed by atoms with Gasteiger partial charge in [0.15, 0.2) is 0 Å². The van der Waals surface area contributed by atoms with Gasteiger partial charge in [0.25, 0.3) is 0 Å². The highest BCUT2D eigenvalue weighted by atomic mass is 32.1. The number of aromatic nitrogens is 4. The molecule has 1 N–H and O–H groups in total. The van der Waals surface area contributed by atoms with Crippen LogP contribution in [0.5, 0.6) is 0 Å². The van der Waals surface area contributed by atoms with E-state index in [4.69, 9.17) is 0 Å². The lowest BCUT2D eigenvalue weighted by Gasteiger charge is -2.16. The van der Waals surface area contributed by atoms with Gasteiger partial charge in [0, 0.05) is 24.3 Å². The predicted octanol–water partition coefficient (Wildman–Crippen LogP) is 1.84. The molecule has 0 saturated heterocycles. The molecule has 2 aromatic heterocycles. The van der Waals surface area contributed by atoms with E-state index in [1.807, 2.05) is 17.8 Å². The minimum absolute atomic E-state index is 0.0419. The van der Waals surface area contributed by atoms with E-state index >= 15 is 0 Å². The quantitative estimate of drug-likeness (QED) is 0.851. The van der Waals surface area contributed by atoms with E-state index in [1.165, 1.54) is 11.5 Å². The van der Waals surface area contributed by atoms with Crippen LogP contribution in [0.15, 0.2) is 17.8 Å². The summed E-state index contributed by atoms with van der Waals surface area (Å²) in [5, 5.41) is 9.52. The summed E-state index contributed by atoms with van der Waals surface area (Å²) in [6.07, 6.45) is 4.95. The maximum Gasteiger partial charge on any atom is 0.132 e. The van der Waals surface area contributed by atoms with Crippen LogP contribution in [0.3, 0.4) is 0 Å². The number of hydrogen-bond donors (Lipinski definition) is 1. The Balaban J connectivity index is 2.29. The molecule has 0 spiro atoms. The highest BCUT2D eigenvalue weighted by Gasteiger charge is 2.20. The number of rotatable bonds is 6. The molecule has 5 nitrogen and oxygen atoms in total. The zero-order valence-corrected chi connectivity index (χ0v) is 10.9. The molecule has 1 atom stereocenters. The molecule has 0 aromatic carbocycles. The van der Waals surface area contributed by atoms with Crippen LogP contribution < -0.4 is 5.32 Å². The van der Waals surface area contributed by atoms with Crippen LogP contribution in [0.1, 0.15) is 37.8 Å². The number of nitrogens with zero attached hydrogens (tertiary/aromatic N) is 4. The van der Waals surface area contributed by atoms with E-state index in [0.29, 0.717) is 0 Å². The van der Waals surface area contributed by atoms with E-state index < -0.39 is 0 Å². The van der Waals surface area contributed by atoms with Gasteiger partial charge in [-0.3, -0.25) is 0 Å². The Morgan fingerprint density at radius 2 is 2.35 bits per heavy atom. The fourth-order valence-electron chi connectivity index (χ4n) is 1.84. The zero-order valence-electron chi connectivity index (χ0n) is 10.1. The smallest absolute Gasteiger partial charge is 0.132 e. The fraction of sp³-hybridized carbons (Fsp3) is 0.545. The van der Waals surface area contributed by atoms with E-state index in [0.717, 1.165) is 31.0 Å². The first-order valence-electron chi connectivity index (χ1n) is 5.88. The summed E-state index contributed by atoms with van der Waals surface area (Å²) in [5.41, 5.74) is 0.945. The Bertz CT molecular complexity index is 436. The SMILES string of the molecule is CCCn1ccnc1C(NCC)c1csnn1. The van der Waals surface area contributed by atoms with Crippen molar-refractivity contribution in [2.75, 3.05) is 6.54 Å². The zero-order chi connectivity index (χ0) is 12.1. The summed E-state index contributed by atoms with van der Waals surface area (Å²) in [4.78, 5) is 4.45. The van der Waals surface area contributed by atoms with Crippen LogP contribution in [-0.4, -0.2) is 25.7 Å². The first-order valence-corrected chi connectivity index (χ1v) is 6.71. The van der Waals surface area contributed by atoms with Crippen molar-refractivity contribution in [2.24, 2.45) is 0 Å².